The van der Waals surface area contributed by atoms with Gasteiger partial charge in [0.1, 0.15) is 0 Å². The van der Waals surface area contributed by atoms with Crippen LogP contribution < -0.4 is 5.32 Å². The van der Waals surface area contributed by atoms with Crippen LogP contribution in [0.3, 0.4) is 0 Å². The molecule has 4 aromatic rings. The number of hydrogen-bond donors (Lipinski definition) is 2. The van der Waals surface area contributed by atoms with Gasteiger partial charge in [0.05, 0.1) is 27.8 Å². The molecule has 35 heavy (non-hydrogen) atoms. The minimum absolute atomic E-state index is 0.0686. The Morgan fingerprint density at radius 1 is 0.943 bits per heavy atom. The van der Waals surface area contributed by atoms with Crippen LogP contribution in [-0.4, -0.2) is 21.8 Å². The lowest BCUT2D eigenvalue weighted by molar-refractivity contribution is -0.144. The van der Waals surface area contributed by atoms with Crippen molar-refractivity contribution < 1.29 is 14.7 Å². The maximum absolute atomic E-state index is 13.0. The number of nitrogens with zero attached hydrogens (tertiary/aromatic N) is 2. The molecule has 1 heterocycles. The fraction of sp³-hybridized carbons (Fsp3) is 0.214. The van der Waals surface area contributed by atoms with Crippen LogP contribution in [0.25, 0.3) is 21.3 Å². The topological polar surface area (TPSA) is 103 Å². The number of anilines is 2. The number of carbonyl (C=O) groups excluding carboxylic acids is 1. The van der Waals surface area contributed by atoms with E-state index in [1.165, 1.54) is 11.3 Å². The molecule has 1 fully saturated rings. The van der Waals surface area contributed by atoms with E-state index < -0.39 is 17.8 Å². The van der Waals surface area contributed by atoms with Crippen LogP contribution >= 0.6 is 11.3 Å². The fourth-order valence-electron chi connectivity index (χ4n) is 4.70. The number of hydrogen-bond acceptors (Lipinski definition) is 6. The zero-order chi connectivity index (χ0) is 24.4. The number of fused-ring (bicyclic) bond motifs is 1. The largest absolute Gasteiger partial charge is 0.481 e. The highest BCUT2D eigenvalue weighted by Crippen LogP contribution is 2.34. The van der Waals surface area contributed by atoms with Crippen LogP contribution in [0.2, 0.25) is 0 Å². The number of thiazole rings is 1. The number of benzene rings is 3. The second kappa shape index (κ2) is 9.69. The summed E-state index contributed by atoms with van der Waals surface area (Å²) in [4.78, 5) is 29.1. The molecular weight excluding hydrogens is 458 g/mol. The van der Waals surface area contributed by atoms with Crippen LogP contribution in [0.5, 0.6) is 0 Å². The van der Waals surface area contributed by atoms with Gasteiger partial charge in [-0.2, -0.15) is 5.26 Å². The van der Waals surface area contributed by atoms with Crippen molar-refractivity contribution in [1.29, 1.82) is 5.26 Å². The first kappa shape index (κ1) is 22.8. The Morgan fingerprint density at radius 2 is 1.60 bits per heavy atom. The first-order valence-electron chi connectivity index (χ1n) is 11.6. The summed E-state index contributed by atoms with van der Waals surface area (Å²) < 4.78 is 1.01. The number of aliphatic carboxylic acids is 1. The molecule has 7 heteroatoms. The molecule has 0 aliphatic heterocycles. The van der Waals surface area contributed by atoms with Crippen molar-refractivity contribution >= 4 is 44.1 Å². The minimum atomic E-state index is -0.869. The zero-order valence-corrected chi connectivity index (χ0v) is 19.7. The lowest BCUT2D eigenvalue weighted by Gasteiger charge is -2.27. The average molecular weight is 482 g/mol. The second-order valence-corrected chi connectivity index (χ2v) is 9.82. The summed E-state index contributed by atoms with van der Waals surface area (Å²) in [5, 5.41) is 22.6. The van der Waals surface area contributed by atoms with Crippen molar-refractivity contribution in [3.63, 3.8) is 0 Å². The number of Topliss-reactive ketones (excluding diaryl/α,β-unsaturated/α-hetero) is 1. The molecule has 0 saturated heterocycles. The van der Waals surface area contributed by atoms with E-state index in [1.54, 1.807) is 24.3 Å². The predicted octanol–water partition coefficient (Wildman–Crippen LogP) is 6.65. The number of carboxylic acids is 1. The molecule has 1 aromatic heterocycles. The SMILES string of the molecule is N#Cc1ccc2sc(Nc3ccc(-c4ccc(C(=O)[C@H]5CCCC[C@@H]5C(=O)O)cc4)cc3)nc2c1. The summed E-state index contributed by atoms with van der Waals surface area (Å²) >= 11 is 1.53. The summed E-state index contributed by atoms with van der Waals surface area (Å²) in [5.74, 6) is -1.96. The Bertz CT molecular complexity index is 1440. The van der Waals surface area contributed by atoms with Crippen molar-refractivity contribution in [3.8, 4) is 17.2 Å². The van der Waals surface area contributed by atoms with E-state index in [2.05, 4.69) is 16.4 Å². The Morgan fingerprint density at radius 3 is 2.26 bits per heavy atom. The zero-order valence-electron chi connectivity index (χ0n) is 18.9. The van der Waals surface area contributed by atoms with Gasteiger partial charge in [-0.3, -0.25) is 9.59 Å². The normalized spacial score (nSPS) is 17.6. The number of carboxylic acid groups (broad SMARTS) is 1. The lowest BCUT2D eigenvalue weighted by Crippen LogP contribution is -2.32. The van der Waals surface area contributed by atoms with E-state index in [0.29, 0.717) is 24.0 Å². The maximum Gasteiger partial charge on any atom is 0.307 e. The molecule has 0 amide bonds. The molecule has 5 rings (SSSR count). The minimum Gasteiger partial charge on any atom is -0.481 e. The van der Waals surface area contributed by atoms with Gasteiger partial charge < -0.3 is 10.4 Å². The van der Waals surface area contributed by atoms with Crippen molar-refractivity contribution in [2.45, 2.75) is 25.7 Å². The van der Waals surface area contributed by atoms with Gasteiger partial charge in [0.2, 0.25) is 0 Å². The van der Waals surface area contributed by atoms with Crippen LogP contribution in [0.15, 0.2) is 66.7 Å². The molecule has 3 aromatic carbocycles. The Labute approximate surface area is 206 Å². The Kier molecular flexibility index (Phi) is 6.30. The van der Waals surface area contributed by atoms with E-state index in [1.807, 2.05) is 42.5 Å². The molecule has 0 unspecified atom stereocenters. The van der Waals surface area contributed by atoms with Crippen LogP contribution in [0.4, 0.5) is 10.8 Å². The molecule has 0 spiro atoms. The summed E-state index contributed by atoms with van der Waals surface area (Å²) in [6.07, 6.45) is 2.98. The van der Waals surface area contributed by atoms with E-state index in [0.717, 1.165) is 45.0 Å². The quantitative estimate of drug-likeness (QED) is 0.299. The molecule has 2 N–H and O–H groups in total. The number of ketones is 1. The number of nitriles is 1. The van der Waals surface area contributed by atoms with E-state index >= 15 is 0 Å². The Hall–Kier alpha value is -4.02. The van der Waals surface area contributed by atoms with Crippen molar-refractivity contribution in [3.05, 3.63) is 77.9 Å². The number of nitrogens with one attached hydrogen (secondary N) is 1. The lowest BCUT2D eigenvalue weighted by atomic mass is 9.75. The summed E-state index contributed by atoms with van der Waals surface area (Å²) in [6.45, 7) is 0. The van der Waals surface area contributed by atoms with Gasteiger partial charge in [-0.15, -0.1) is 0 Å². The maximum atomic E-state index is 13.0. The monoisotopic (exact) mass is 481 g/mol. The predicted molar refractivity (Wildman–Crippen MR) is 137 cm³/mol. The standard InChI is InChI=1S/C28H23N3O3S/c29-16-17-5-14-25-24(15-17)31-28(35-25)30-21-12-10-19(11-13-21)18-6-8-20(9-7-18)26(32)22-3-1-2-4-23(22)27(33)34/h5-15,22-23H,1-4H2,(H,30,31)(H,33,34)/t22-,23-/m0/s1. The van der Waals surface area contributed by atoms with Crippen molar-refractivity contribution in [2.24, 2.45) is 11.8 Å². The van der Waals surface area contributed by atoms with Gasteiger partial charge in [-0.1, -0.05) is 60.6 Å². The van der Waals surface area contributed by atoms with E-state index in [-0.39, 0.29) is 5.78 Å². The molecule has 2 atom stereocenters. The molecule has 1 saturated carbocycles. The van der Waals surface area contributed by atoms with Gasteiger partial charge in [0.15, 0.2) is 10.9 Å². The van der Waals surface area contributed by atoms with Crippen LogP contribution in [-0.2, 0) is 4.79 Å². The van der Waals surface area contributed by atoms with Gasteiger partial charge in [0.25, 0.3) is 0 Å². The molecule has 1 aliphatic rings. The summed E-state index contributed by atoms with van der Waals surface area (Å²) in [7, 11) is 0. The third-order valence-electron chi connectivity index (χ3n) is 6.58. The molecule has 1 aliphatic carbocycles. The first-order chi connectivity index (χ1) is 17.0. The highest BCUT2D eigenvalue weighted by molar-refractivity contribution is 7.22. The average Bonchev–Trinajstić information content (AvgIpc) is 3.30. The molecule has 174 valence electrons. The highest BCUT2D eigenvalue weighted by Gasteiger charge is 2.35. The molecular formula is C28H23N3O3S. The second-order valence-electron chi connectivity index (χ2n) is 8.79. The van der Waals surface area contributed by atoms with Gasteiger partial charge >= 0.3 is 5.97 Å². The molecule has 6 nitrogen and oxygen atoms in total. The smallest absolute Gasteiger partial charge is 0.307 e. The number of aromatic nitrogens is 1. The fourth-order valence-corrected chi connectivity index (χ4v) is 5.57. The number of rotatable bonds is 6. The third-order valence-corrected chi connectivity index (χ3v) is 7.53. The van der Waals surface area contributed by atoms with E-state index in [9.17, 15) is 14.7 Å². The highest BCUT2D eigenvalue weighted by atomic mass is 32.1. The molecule has 0 radical (unpaired) electrons. The van der Waals surface area contributed by atoms with Gasteiger partial charge in [-0.25, -0.2) is 4.98 Å². The molecule has 0 bridgehead atoms. The first-order valence-corrected chi connectivity index (χ1v) is 12.4. The van der Waals surface area contributed by atoms with Crippen LogP contribution in [0, 0.1) is 23.2 Å². The number of carbonyl (C=O) groups is 2. The Balaban J connectivity index is 1.28. The van der Waals surface area contributed by atoms with Crippen molar-refractivity contribution in [1.82, 2.24) is 4.98 Å². The van der Waals surface area contributed by atoms with Gasteiger partial charge in [0, 0.05) is 17.2 Å². The van der Waals surface area contributed by atoms with E-state index in [4.69, 9.17) is 5.26 Å². The van der Waals surface area contributed by atoms with Gasteiger partial charge in [-0.05, 0) is 54.3 Å². The third kappa shape index (κ3) is 4.79. The summed E-state index contributed by atoms with van der Waals surface area (Å²) in [6, 6.07) is 23.0. The van der Waals surface area contributed by atoms with Crippen molar-refractivity contribution in [2.75, 3.05) is 5.32 Å². The summed E-state index contributed by atoms with van der Waals surface area (Å²) in [5.41, 5.74) is 4.85. The van der Waals surface area contributed by atoms with Crippen LogP contribution in [0.1, 0.15) is 41.6 Å².